The van der Waals surface area contributed by atoms with Gasteiger partial charge in [-0.25, -0.2) is 13.6 Å². The molecule has 0 amide bonds. The monoisotopic (exact) mass is 309 g/mol. The molecular formula is C15H13F2NO4. The molecule has 22 heavy (non-hydrogen) atoms. The molecular weight excluding hydrogens is 296 g/mol. The first-order valence-electron chi connectivity index (χ1n) is 6.41. The zero-order valence-electron chi connectivity index (χ0n) is 11.8. The molecule has 7 heteroatoms. The summed E-state index contributed by atoms with van der Waals surface area (Å²) in [5.41, 5.74) is -0.430. The Morgan fingerprint density at radius 2 is 1.82 bits per heavy atom. The Kier molecular flexibility index (Phi) is 4.07. The van der Waals surface area contributed by atoms with Crippen molar-refractivity contribution in [2.45, 2.75) is 19.8 Å². The van der Waals surface area contributed by atoms with Crippen LogP contribution in [0.1, 0.15) is 25.3 Å². The minimum Gasteiger partial charge on any atom is -0.481 e. The summed E-state index contributed by atoms with van der Waals surface area (Å²) >= 11 is 0. The molecule has 0 saturated heterocycles. The number of allylic oxidation sites excluding steroid dienone is 1. The normalized spacial score (nSPS) is 21.5. The second-order valence-electron chi connectivity index (χ2n) is 4.99. The largest absolute Gasteiger partial charge is 0.481 e. The summed E-state index contributed by atoms with van der Waals surface area (Å²) < 4.78 is 27.6. The van der Waals surface area contributed by atoms with Gasteiger partial charge >= 0.3 is 11.9 Å². The second-order valence-corrected chi connectivity index (χ2v) is 4.99. The van der Waals surface area contributed by atoms with Gasteiger partial charge in [-0.15, -0.1) is 0 Å². The lowest BCUT2D eigenvalue weighted by molar-refractivity contribution is -0.140. The van der Waals surface area contributed by atoms with Crippen molar-refractivity contribution in [1.29, 1.82) is 0 Å². The standard InChI is InChI=1S/C15H13F2NO4/c1-6-10(14(19)20)12(11(15(21)22)7(2)18-6)8-4-3-5-9(16)13(8)17/h3-5,10,12H,1-2H3,(H,19,20)(H,21,22). The SMILES string of the molecule is CC1=NC(C)=C(C(=O)O)C(c2cccc(F)c2F)C1C(=O)O. The Labute approximate surface area is 124 Å². The predicted molar refractivity (Wildman–Crippen MR) is 73.7 cm³/mol. The molecule has 1 aromatic carbocycles. The van der Waals surface area contributed by atoms with Crippen molar-refractivity contribution >= 4 is 17.7 Å². The first-order valence-corrected chi connectivity index (χ1v) is 6.41. The van der Waals surface area contributed by atoms with Gasteiger partial charge in [-0.3, -0.25) is 9.79 Å². The number of hydrogen-bond acceptors (Lipinski definition) is 3. The van der Waals surface area contributed by atoms with Crippen LogP contribution in [0.4, 0.5) is 8.78 Å². The average molecular weight is 309 g/mol. The minimum absolute atomic E-state index is 0.0798. The molecule has 1 aliphatic rings. The summed E-state index contributed by atoms with van der Waals surface area (Å²) in [6, 6.07) is 3.28. The van der Waals surface area contributed by atoms with Gasteiger partial charge < -0.3 is 10.2 Å². The van der Waals surface area contributed by atoms with E-state index >= 15 is 0 Å². The van der Waals surface area contributed by atoms with Gasteiger partial charge in [-0.2, -0.15) is 0 Å². The van der Waals surface area contributed by atoms with E-state index < -0.39 is 35.4 Å². The lowest BCUT2D eigenvalue weighted by Crippen LogP contribution is -2.35. The van der Waals surface area contributed by atoms with Gasteiger partial charge in [0.1, 0.15) is 5.92 Å². The molecule has 0 bridgehead atoms. The molecule has 1 aromatic rings. The highest BCUT2D eigenvalue weighted by molar-refractivity contribution is 6.06. The Bertz CT molecular complexity index is 724. The fourth-order valence-corrected chi connectivity index (χ4v) is 2.73. The Balaban J connectivity index is 2.76. The Hall–Kier alpha value is -2.57. The van der Waals surface area contributed by atoms with Gasteiger partial charge in [0.05, 0.1) is 5.57 Å². The van der Waals surface area contributed by atoms with E-state index in [1.54, 1.807) is 0 Å². The number of halogens is 2. The first kappa shape index (κ1) is 15.8. The van der Waals surface area contributed by atoms with E-state index in [0.717, 1.165) is 6.07 Å². The number of aliphatic imine (C=N–C) groups is 1. The summed E-state index contributed by atoms with van der Waals surface area (Å²) in [4.78, 5) is 26.9. The van der Waals surface area contributed by atoms with E-state index in [4.69, 9.17) is 0 Å². The number of aliphatic carboxylic acids is 2. The van der Waals surface area contributed by atoms with Gasteiger partial charge in [0.15, 0.2) is 11.6 Å². The van der Waals surface area contributed by atoms with Crippen molar-refractivity contribution in [3.63, 3.8) is 0 Å². The smallest absolute Gasteiger partial charge is 0.334 e. The molecule has 0 aromatic heterocycles. The fourth-order valence-electron chi connectivity index (χ4n) is 2.73. The van der Waals surface area contributed by atoms with E-state index in [1.807, 2.05) is 0 Å². The predicted octanol–water partition coefficient (Wildman–Crippen LogP) is 2.58. The van der Waals surface area contributed by atoms with Crippen LogP contribution in [0, 0.1) is 17.6 Å². The molecule has 5 nitrogen and oxygen atoms in total. The van der Waals surface area contributed by atoms with Crippen LogP contribution in [0.3, 0.4) is 0 Å². The van der Waals surface area contributed by atoms with E-state index in [1.165, 1.54) is 26.0 Å². The van der Waals surface area contributed by atoms with Crippen LogP contribution in [0.15, 0.2) is 34.5 Å². The lowest BCUT2D eigenvalue weighted by Gasteiger charge is -2.29. The quantitative estimate of drug-likeness (QED) is 0.898. The lowest BCUT2D eigenvalue weighted by atomic mass is 9.75. The van der Waals surface area contributed by atoms with Crippen molar-refractivity contribution in [2.24, 2.45) is 10.9 Å². The van der Waals surface area contributed by atoms with E-state index in [0.29, 0.717) is 0 Å². The summed E-state index contributed by atoms with van der Waals surface area (Å²) in [6.45, 7) is 2.82. The van der Waals surface area contributed by atoms with Crippen LogP contribution in [0.2, 0.25) is 0 Å². The van der Waals surface area contributed by atoms with Crippen molar-refractivity contribution in [1.82, 2.24) is 0 Å². The third-order valence-electron chi connectivity index (χ3n) is 3.64. The fraction of sp³-hybridized carbons (Fsp3) is 0.267. The van der Waals surface area contributed by atoms with E-state index in [9.17, 15) is 28.6 Å². The topological polar surface area (TPSA) is 87.0 Å². The summed E-state index contributed by atoms with van der Waals surface area (Å²) in [6.07, 6.45) is 0. The van der Waals surface area contributed by atoms with Crippen LogP contribution in [-0.4, -0.2) is 27.9 Å². The third kappa shape index (κ3) is 2.49. The molecule has 0 radical (unpaired) electrons. The number of rotatable bonds is 3. The zero-order chi connectivity index (χ0) is 16.6. The number of hydrogen-bond donors (Lipinski definition) is 2. The minimum atomic E-state index is -1.41. The summed E-state index contributed by atoms with van der Waals surface area (Å²) in [5, 5.41) is 18.7. The molecule has 1 heterocycles. The number of carboxylic acids is 2. The molecule has 116 valence electrons. The highest BCUT2D eigenvalue weighted by atomic mass is 19.2. The van der Waals surface area contributed by atoms with Gasteiger partial charge in [-0.1, -0.05) is 12.1 Å². The van der Waals surface area contributed by atoms with E-state index in [2.05, 4.69) is 4.99 Å². The number of carbonyl (C=O) groups is 2. The molecule has 2 atom stereocenters. The maximum absolute atomic E-state index is 14.1. The van der Waals surface area contributed by atoms with Gasteiger partial charge in [0.25, 0.3) is 0 Å². The van der Waals surface area contributed by atoms with E-state index in [-0.39, 0.29) is 22.5 Å². The van der Waals surface area contributed by atoms with Crippen LogP contribution in [0.25, 0.3) is 0 Å². The maximum Gasteiger partial charge on any atom is 0.334 e. The molecule has 1 aliphatic heterocycles. The number of carboxylic acid groups (broad SMARTS) is 2. The van der Waals surface area contributed by atoms with Crippen molar-refractivity contribution in [2.75, 3.05) is 0 Å². The number of benzene rings is 1. The molecule has 0 spiro atoms. The zero-order valence-corrected chi connectivity index (χ0v) is 11.8. The van der Waals surface area contributed by atoms with Crippen LogP contribution in [-0.2, 0) is 9.59 Å². The van der Waals surface area contributed by atoms with Gasteiger partial charge in [0.2, 0.25) is 0 Å². The highest BCUT2D eigenvalue weighted by Gasteiger charge is 2.42. The molecule has 0 fully saturated rings. The Morgan fingerprint density at radius 1 is 1.18 bits per heavy atom. The Morgan fingerprint density at radius 3 is 2.36 bits per heavy atom. The van der Waals surface area contributed by atoms with Crippen molar-refractivity contribution in [3.8, 4) is 0 Å². The highest BCUT2D eigenvalue weighted by Crippen LogP contribution is 2.40. The van der Waals surface area contributed by atoms with Gasteiger partial charge in [0, 0.05) is 17.3 Å². The van der Waals surface area contributed by atoms with Crippen LogP contribution >= 0.6 is 0 Å². The molecule has 2 N–H and O–H groups in total. The third-order valence-corrected chi connectivity index (χ3v) is 3.64. The number of nitrogens with zero attached hydrogens (tertiary/aromatic N) is 1. The summed E-state index contributed by atoms with van der Waals surface area (Å²) in [7, 11) is 0. The molecule has 0 aliphatic carbocycles. The van der Waals surface area contributed by atoms with Crippen molar-refractivity contribution in [3.05, 3.63) is 46.7 Å². The van der Waals surface area contributed by atoms with Gasteiger partial charge in [-0.05, 0) is 25.5 Å². The van der Waals surface area contributed by atoms with Crippen LogP contribution in [0.5, 0.6) is 0 Å². The first-order chi connectivity index (χ1) is 10.3. The average Bonchev–Trinajstić information content (AvgIpc) is 2.39. The maximum atomic E-state index is 14.1. The van der Waals surface area contributed by atoms with Crippen molar-refractivity contribution < 1.29 is 28.6 Å². The second kappa shape index (κ2) is 5.67. The molecule has 0 saturated carbocycles. The summed E-state index contributed by atoms with van der Waals surface area (Å²) in [5.74, 6) is -7.88. The molecule has 2 unspecified atom stereocenters. The molecule has 2 rings (SSSR count). The van der Waals surface area contributed by atoms with Crippen LogP contribution < -0.4 is 0 Å².